The third kappa shape index (κ3) is 13.3. The van der Waals surface area contributed by atoms with E-state index in [-0.39, 0.29) is 17.5 Å². The van der Waals surface area contributed by atoms with Crippen molar-refractivity contribution < 1.29 is 86.7 Å². The summed E-state index contributed by atoms with van der Waals surface area (Å²) < 4.78 is 58.0. The topological polar surface area (TPSA) is 449 Å². The van der Waals surface area contributed by atoms with Crippen LogP contribution in [0.3, 0.4) is 0 Å². The van der Waals surface area contributed by atoms with Crippen molar-refractivity contribution in [1.29, 1.82) is 0 Å². The second-order valence-electron chi connectivity index (χ2n) is 22.2. The predicted octanol–water partition coefficient (Wildman–Crippen LogP) is 4.64. The highest BCUT2D eigenvalue weighted by molar-refractivity contribution is 5.97. The molecule has 9 aromatic rings. The molecule has 0 aliphatic carbocycles. The van der Waals surface area contributed by atoms with Crippen molar-refractivity contribution >= 4 is 93.0 Å². The van der Waals surface area contributed by atoms with Crippen molar-refractivity contribution in [3.63, 3.8) is 0 Å². The van der Waals surface area contributed by atoms with Gasteiger partial charge in [-0.2, -0.15) is 0 Å². The molecule has 6 fully saturated rings. The fourth-order valence-electron chi connectivity index (χ4n) is 11.7. The molecule has 0 saturated carbocycles. The van der Waals surface area contributed by atoms with Crippen molar-refractivity contribution in [2.45, 2.75) is 113 Å². The molecule has 508 valence electrons. The first-order valence-electron chi connectivity index (χ1n) is 30.8. The highest BCUT2D eigenvalue weighted by atomic mass is 16.8. The van der Waals surface area contributed by atoms with Crippen LogP contribution in [-0.4, -0.2) is 191 Å². The first-order valence-corrected chi connectivity index (χ1v) is 30.8. The van der Waals surface area contributed by atoms with Crippen molar-refractivity contribution in [2.75, 3.05) is 35.6 Å². The van der Waals surface area contributed by atoms with Crippen LogP contribution in [-0.2, 0) is 57.0 Å². The van der Waals surface area contributed by atoms with Crippen LogP contribution in [0.25, 0.3) is 39.6 Å². The van der Waals surface area contributed by atoms with Crippen LogP contribution < -0.4 is 31.9 Å². The highest BCUT2D eigenvalue weighted by Crippen LogP contribution is 2.47. The van der Waals surface area contributed by atoms with Gasteiger partial charge < -0.3 is 73.9 Å². The van der Waals surface area contributed by atoms with Gasteiger partial charge in [-0.1, -0.05) is 97.1 Å². The number of amides is 6. The van der Waals surface area contributed by atoms with Crippen molar-refractivity contribution in [2.24, 2.45) is 0 Å². The normalized spacial score (nSPS) is 26.5. The lowest BCUT2D eigenvalue weighted by molar-refractivity contribution is -0.174. The number of ether oxygens (including phenoxy) is 9. The summed E-state index contributed by atoms with van der Waals surface area (Å²) in [7, 11) is 0. The molecule has 6 aliphatic heterocycles. The van der Waals surface area contributed by atoms with Crippen LogP contribution >= 0.6 is 0 Å². The highest BCUT2D eigenvalue weighted by Gasteiger charge is 2.59. The number of aromatic nitrogens is 12. The summed E-state index contributed by atoms with van der Waals surface area (Å²) in [6.45, 7) is 6.73. The van der Waals surface area contributed by atoms with E-state index in [0.717, 1.165) is 16.7 Å². The van der Waals surface area contributed by atoms with Crippen molar-refractivity contribution in [3.8, 4) is 0 Å². The van der Waals surface area contributed by atoms with E-state index in [1.54, 1.807) is 40.5 Å². The van der Waals surface area contributed by atoms with E-state index >= 15 is 0 Å². The molecule has 3 aromatic carbocycles. The Morgan fingerprint density at radius 1 is 0.408 bits per heavy atom. The van der Waals surface area contributed by atoms with Gasteiger partial charge in [0.05, 0.1) is 19.0 Å². The molecule has 6 aromatic heterocycles. The van der Waals surface area contributed by atoms with Gasteiger partial charge in [0.25, 0.3) is 0 Å². The predicted molar refractivity (Wildman–Crippen MR) is 336 cm³/mol. The first kappa shape index (κ1) is 65.6. The number of anilines is 3. The maximum atomic E-state index is 11.9. The average Bonchev–Trinajstić information content (AvgIpc) is 1.61. The van der Waals surface area contributed by atoms with E-state index in [4.69, 9.17) is 42.6 Å². The van der Waals surface area contributed by atoms with Gasteiger partial charge in [0, 0.05) is 30.8 Å². The number of urea groups is 3. The van der Waals surface area contributed by atoms with Gasteiger partial charge in [0.1, 0.15) is 55.6 Å². The van der Waals surface area contributed by atoms with E-state index in [0.29, 0.717) is 53.1 Å². The number of carboxylic acid groups (broad SMARTS) is 3. The Hall–Kier alpha value is -11.1. The van der Waals surface area contributed by atoms with Gasteiger partial charge in [-0.25, -0.2) is 73.6 Å². The standard InChI is InChI=1S/C22H22N6O6.2C20H20N6O6/c1-2-23-22(31)27-18-14-19(25-10-24-18)28(11-26-14)20-16-15(17(34-20)21(29)30)32-13(33-16)9-8-12-6-4-3-5-7-12;2*1-2-21-20(29)25-15-11-16(23-8-22-15)26(9-24-11)17-13-12(14(30-17)18(27)28)31-19(32-13)10-6-4-3-5-7-10/h3-11,13,15-17,20H,2H2,1H3,(H,29,30)(H2,23,24,25,27,31);2*3-9,12-14,17,19H,2H2,1H3,(H,27,28)(H2,21,22,23,25,29)/b9-8+;;/t13-,15?,16?,17?,20?;2*12?,13?,14?,17?,19-/m000/s1. The third-order valence-electron chi connectivity index (χ3n) is 16.0. The number of hydrogen-bond donors (Lipinski definition) is 9. The number of aliphatic carboxylic acids is 3. The summed E-state index contributed by atoms with van der Waals surface area (Å²) in [5, 5.41) is 44.8. The Morgan fingerprint density at radius 3 is 1.07 bits per heavy atom. The second kappa shape index (κ2) is 28.7. The number of hydrogen-bond acceptors (Lipinski definition) is 24. The Balaban J connectivity index is 0.000000132. The molecule has 6 aliphatic rings. The van der Waals surface area contributed by atoms with E-state index in [1.807, 2.05) is 97.1 Å². The molecule has 9 N–H and O–H groups in total. The zero-order valence-electron chi connectivity index (χ0n) is 51.9. The average molecular weight is 1350 g/mol. The minimum absolute atomic E-state index is 0.214. The molecule has 36 heteroatoms. The summed E-state index contributed by atoms with van der Waals surface area (Å²) in [5.74, 6) is -2.82. The first-order chi connectivity index (χ1) is 47.7. The monoisotopic (exact) mass is 1350 g/mol. The maximum absolute atomic E-state index is 11.9. The lowest BCUT2D eigenvalue weighted by atomic mass is 10.1. The van der Waals surface area contributed by atoms with Crippen LogP contribution in [0, 0.1) is 0 Å². The van der Waals surface area contributed by atoms with E-state index in [1.165, 1.54) is 38.0 Å². The van der Waals surface area contributed by atoms with Crippen molar-refractivity contribution in [3.05, 3.63) is 152 Å². The van der Waals surface area contributed by atoms with E-state index in [2.05, 4.69) is 76.8 Å². The fraction of sp³-hybridized carbons (Fsp3) is 0.339. The molecule has 6 amide bonds. The molecule has 36 nitrogen and oxygen atoms in total. The molecule has 98 heavy (non-hydrogen) atoms. The van der Waals surface area contributed by atoms with Gasteiger partial charge in [-0.3, -0.25) is 29.7 Å². The molecule has 15 rings (SSSR count). The number of nitrogens with one attached hydrogen (secondary N) is 6. The molecule has 6 saturated heterocycles. The summed E-state index contributed by atoms with van der Waals surface area (Å²) in [4.78, 5) is 109. The lowest BCUT2D eigenvalue weighted by Crippen LogP contribution is -2.34. The van der Waals surface area contributed by atoms with Gasteiger partial charge in [0.15, 0.2) is 107 Å². The number of nitrogens with zero attached hydrogens (tertiary/aromatic N) is 12. The molecule has 0 radical (unpaired) electrons. The summed E-state index contributed by atoms with van der Waals surface area (Å²) in [5.41, 5.74) is 4.55. The van der Waals surface area contributed by atoms with Crippen molar-refractivity contribution in [1.82, 2.24) is 74.5 Å². The van der Waals surface area contributed by atoms with Crippen LogP contribution in [0.1, 0.15) is 68.7 Å². The molecular weight excluding hydrogens is 1280 g/mol. The zero-order chi connectivity index (χ0) is 68.1. The van der Waals surface area contributed by atoms with Crippen LogP contribution in [0.4, 0.5) is 31.8 Å². The minimum atomic E-state index is -1.24. The largest absolute Gasteiger partial charge is 0.479 e. The number of imidazole rings is 3. The van der Waals surface area contributed by atoms with Crippen LogP contribution in [0.15, 0.2) is 135 Å². The van der Waals surface area contributed by atoms with Crippen LogP contribution in [0.2, 0.25) is 0 Å². The second-order valence-corrected chi connectivity index (χ2v) is 22.2. The molecule has 0 spiro atoms. The number of benzene rings is 3. The van der Waals surface area contributed by atoms with Gasteiger partial charge in [0.2, 0.25) is 0 Å². The molecular formula is C62H62N18O18. The molecule has 12 heterocycles. The summed E-state index contributed by atoms with van der Waals surface area (Å²) >= 11 is 0. The van der Waals surface area contributed by atoms with Gasteiger partial charge in [-0.05, 0) is 32.4 Å². The third-order valence-corrected chi connectivity index (χ3v) is 16.0. The summed E-state index contributed by atoms with van der Waals surface area (Å²) in [6, 6.07) is 26.8. The SMILES string of the molecule is CCNC(=O)Nc1ncnc2c1ncn2C1OC(C(=O)O)C2O[C@H](/C=C/c3ccccc3)OC21.CCNC(=O)Nc1ncnc2c1ncn2C1OC(C(=O)O)C2O[C@H](c3ccccc3)OC21.CCNC(=O)Nc1ncnc2c1ncn2C1OC(C(=O)O)C2O[C@H](c3ccccc3)OC21. The smallest absolute Gasteiger partial charge is 0.335 e. The number of carbonyl (C=O) groups excluding carboxylic acids is 3. The number of fused-ring (bicyclic) bond motifs is 6. The lowest BCUT2D eigenvalue weighted by Gasteiger charge is -2.20. The Bertz CT molecular complexity index is 4240. The van der Waals surface area contributed by atoms with E-state index < -0.39 is 128 Å². The summed E-state index contributed by atoms with van der Waals surface area (Å²) in [6.07, 6.45) is -1.34. The Morgan fingerprint density at radius 2 is 0.724 bits per heavy atom. The van der Waals surface area contributed by atoms with Crippen LogP contribution in [0.5, 0.6) is 0 Å². The van der Waals surface area contributed by atoms with Gasteiger partial charge in [-0.15, -0.1) is 0 Å². The molecule has 0 bridgehead atoms. The minimum Gasteiger partial charge on any atom is -0.479 e. The van der Waals surface area contributed by atoms with E-state index in [9.17, 15) is 44.1 Å². The molecule has 15 atom stereocenters. The maximum Gasteiger partial charge on any atom is 0.335 e. The number of carboxylic acids is 3. The Kier molecular flexibility index (Phi) is 19.2. The zero-order valence-corrected chi connectivity index (χ0v) is 51.9. The quantitative estimate of drug-likeness (QED) is 0.0636. The van der Waals surface area contributed by atoms with Gasteiger partial charge >= 0.3 is 36.0 Å². The molecule has 12 unspecified atom stereocenters. The number of rotatable bonds is 16. The Labute approximate surface area is 553 Å². The fourth-order valence-corrected chi connectivity index (χ4v) is 11.7. The number of carbonyl (C=O) groups is 6.